The highest BCUT2D eigenvalue weighted by atomic mass is 32.1. The average Bonchev–Trinajstić information content (AvgIpc) is 3.79. The van der Waals surface area contributed by atoms with E-state index in [0.717, 1.165) is 11.4 Å². The Labute approximate surface area is 348 Å². The molecule has 1 spiro atoms. The lowest BCUT2D eigenvalue weighted by Gasteiger charge is -2.58. The Morgan fingerprint density at radius 2 is 0.898 bits per heavy atom. The smallest absolute Gasteiger partial charge is 0.0503 e. The van der Waals surface area contributed by atoms with Gasteiger partial charge in [-0.05, 0) is 103 Å². The molecule has 0 saturated heterocycles. The first kappa shape index (κ1) is 33.0. The Balaban J connectivity index is 1.04. The van der Waals surface area contributed by atoms with Crippen molar-refractivity contribution >= 4 is 48.6 Å². The predicted octanol–water partition coefficient (Wildman–Crippen LogP) is 15.4. The molecule has 1 heterocycles. The molecular weight excluding hydrogens is 731 g/mol. The molecule has 3 aliphatic rings. The highest BCUT2D eigenvalue weighted by Gasteiger charge is 2.70. The van der Waals surface area contributed by atoms with Crippen LogP contribution in [0, 0.1) is 0 Å². The average molecular weight is 768 g/mol. The van der Waals surface area contributed by atoms with Crippen LogP contribution in [-0.2, 0) is 5.41 Å². The van der Waals surface area contributed by atoms with Crippen LogP contribution in [0.25, 0.3) is 53.6 Å². The SMILES string of the molecule is c1ccc(-c2ccc(N(c3ccc(-c4cccc5c4sc4ccccc45)cc3)c3ccc(-c4ccccc4)c4c3C3c5ccccc5C35c3ccccc3C45)cc2)cc1. The van der Waals surface area contributed by atoms with Crippen molar-refractivity contribution in [3.8, 4) is 33.4 Å². The minimum atomic E-state index is -0.0647. The Bertz CT molecular complexity index is 3270. The van der Waals surface area contributed by atoms with E-state index in [-0.39, 0.29) is 17.3 Å². The van der Waals surface area contributed by atoms with Crippen LogP contribution >= 0.6 is 11.3 Å². The van der Waals surface area contributed by atoms with Crippen molar-refractivity contribution in [1.29, 1.82) is 0 Å². The zero-order valence-corrected chi connectivity index (χ0v) is 33.0. The summed E-state index contributed by atoms with van der Waals surface area (Å²) in [5.41, 5.74) is 19.9. The quantitative estimate of drug-likeness (QED) is 0.163. The van der Waals surface area contributed by atoms with Crippen molar-refractivity contribution in [2.75, 3.05) is 4.90 Å². The third kappa shape index (κ3) is 4.50. The fourth-order valence-corrected chi connectivity index (χ4v) is 12.5. The summed E-state index contributed by atoms with van der Waals surface area (Å²) in [6.45, 7) is 0. The van der Waals surface area contributed by atoms with Gasteiger partial charge in [-0.25, -0.2) is 0 Å². The zero-order valence-electron chi connectivity index (χ0n) is 32.2. The van der Waals surface area contributed by atoms with E-state index in [2.05, 4.69) is 217 Å². The van der Waals surface area contributed by atoms with Gasteiger partial charge in [0.2, 0.25) is 0 Å². The van der Waals surface area contributed by atoms with E-state index in [4.69, 9.17) is 0 Å². The second-order valence-electron chi connectivity index (χ2n) is 16.3. The molecule has 1 nitrogen and oxygen atoms in total. The Hall–Kier alpha value is -7.00. The normalized spacial score (nSPS) is 17.9. The van der Waals surface area contributed by atoms with Crippen molar-refractivity contribution in [3.63, 3.8) is 0 Å². The second kappa shape index (κ2) is 12.5. The molecule has 10 aromatic rings. The topological polar surface area (TPSA) is 3.24 Å². The molecule has 13 rings (SSSR count). The first-order chi connectivity index (χ1) is 29.3. The first-order valence-electron chi connectivity index (χ1n) is 20.7. The molecule has 0 fully saturated rings. The Morgan fingerprint density at radius 1 is 0.373 bits per heavy atom. The molecule has 0 N–H and O–H groups in total. The van der Waals surface area contributed by atoms with Crippen LogP contribution in [0.3, 0.4) is 0 Å². The fraction of sp³-hybridized carbons (Fsp3) is 0.0526. The predicted molar refractivity (Wildman–Crippen MR) is 248 cm³/mol. The molecule has 0 saturated carbocycles. The van der Waals surface area contributed by atoms with Gasteiger partial charge in [-0.3, -0.25) is 0 Å². The van der Waals surface area contributed by atoms with Gasteiger partial charge in [-0.15, -0.1) is 11.3 Å². The third-order valence-electron chi connectivity index (χ3n) is 13.6. The number of fused-ring (bicyclic) bond motifs is 10. The van der Waals surface area contributed by atoms with Crippen LogP contribution in [-0.4, -0.2) is 0 Å². The van der Waals surface area contributed by atoms with Gasteiger partial charge >= 0.3 is 0 Å². The molecule has 9 aromatic carbocycles. The van der Waals surface area contributed by atoms with E-state index in [9.17, 15) is 0 Å². The Morgan fingerprint density at radius 3 is 1.59 bits per heavy atom. The van der Waals surface area contributed by atoms with E-state index in [0.29, 0.717) is 0 Å². The molecule has 3 atom stereocenters. The molecular formula is C57H37NS. The van der Waals surface area contributed by atoms with Crippen LogP contribution in [0.4, 0.5) is 17.1 Å². The highest BCUT2D eigenvalue weighted by molar-refractivity contribution is 7.26. The van der Waals surface area contributed by atoms with Gasteiger partial charge in [-0.2, -0.15) is 0 Å². The lowest BCUT2D eigenvalue weighted by Crippen LogP contribution is -2.52. The van der Waals surface area contributed by atoms with E-state index >= 15 is 0 Å². The van der Waals surface area contributed by atoms with E-state index in [1.54, 1.807) is 0 Å². The lowest BCUT2D eigenvalue weighted by atomic mass is 9.43. The molecule has 3 unspecified atom stereocenters. The van der Waals surface area contributed by atoms with Gasteiger partial charge in [0.1, 0.15) is 0 Å². The van der Waals surface area contributed by atoms with Crippen molar-refractivity contribution in [1.82, 2.24) is 0 Å². The zero-order chi connectivity index (χ0) is 38.7. The molecule has 0 bridgehead atoms. The minimum absolute atomic E-state index is 0.0647. The van der Waals surface area contributed by atoms with Crippen molar-refractivity contribution in [2.24, 2.45) is 0 Å². The third-order valence-corrected chi connectivity index (χ3v) is 14.8. The molecule has 276 valence electrons. The number of rotatable bonds is 6. The highest BCUT2D eigenvalue weighted by Crippen LogP contribution is 2.79. The molecule has 0 aliphatic heterocycles. The summed E-state index contributed by atoms with van der Waals surface area (Å²) in [4.78, 5) is 2.54. The minimum Gasteiger partial charge on any atom is -0.310 e. The van der Waals surface area contributed by atoms with Gasteiger partial charge in [-0.1, -0.05) is 176 Å². The van der Waals surface area contributed by atoms with Gasteiger partial charge in [0.25, 0.3) is 0 Å². The van der Waals surface area contributed by atoms with Crippen LogP contribution in [0.5, 0.6) is 0 Å². The maximum Gasteiger partial charge on any atom is 0.0503 e. The number of nitrogens with zero attached hydrogens (tertiary/aromatic N) is 1. The van der Waals surface area contributed by atoms with Gasteiger partial charge in [0.15, 0.2) is 0 Å². The van der Waals surface area contributed by atoms with Crippen molar-refractivity contribution in [3.05, 3.63) is 246 Å². The van der Waals surface area contributed by atoms with Crippen LogP contribution in [0.2, 0.25) is 0 Å². The largest absolute Gasteiger partial charge is 0.310 e. The number of benzene rings is 9. The van der Waals surface area contributed by atoms with Crippen molar-refractivity contribution < 1.29 is 0 Å². The molecule has 1 aromatic heterocycles. The van der Waals surface area contributed by atoms with Gasteiger partial charge in [0.05, 0.1) is 5.69 Å². The number of anilines is 3. The second-order valence-corrected chi connectivity index (χ2v) is 17.4. The van der Waals surface area contributed by atoms with E-state index < -0.39 is 0 Å². The maximum atomic E-state index is 2.54. The number of thiophene rings is 1. The summed E-state index contributed by atoms with van der Waals surface area (Å²) in [6, 6.07) is 79.2. The monoisotopic (exact) mass is 767 g/mol. The van der Waals surface area contributed by atoms with E-state index in [1.807, 2.05) is 11.3 Å². The molecule has 2 heteroatoms. The number of hydrogen-bond donors (Lipinski definition) is 0. The fourth-order valence-electron chi connectivity index (χ4n) is 11.2. The van der Waals surface area contributed by atoms with Crippen LogP contribution in [0.15, 0.2) is 212 Å². The summed E-state index contributed by atoms with van der Waals surface area (Å²) in [5, 5.41) is 2.65. The van der Waals surface area contributed by atoms with Gasteiger partial charge in [0, 0.05) is 48.8 Å². The van der Waals surface area contributed by atoms with Crippen LogP contribution < -0.4 is 4.90 Å². The van der Waals surface area contributed by atoms with Crippen LogP contribution in [0.1, 0.15) is 45.2 Å². The summed E-state index contributed by atoms with van der Waals surface area (Å²) in [5.74, 6) is 0.540. The van der Waals surface area contributed by atoms with E-state index in [1.165, 1.54) is 92.6 Å². The molecule has 0 amide bonds. The Kier molecular flexibility index (Phi) is 7.00. The summed E-state index contributed by atoms with van der Waals surface area (Å²) < 4.78 is 2.67. The standard InChI is InChI=1S/C57H37NS/c1-3-14-36(15-4-1)37-26-30-40(31-27-37)58(41-32-28-39(29-33-41)43-21-13-22-45-44-18-9-12-25-51(44)59-56(43)45)50-35-34-42(38-16-5-2-6-17-38)52-53(50)55-47-20-8-11-24-49(47)57(55)48-23-10-7-19-46(48)54(52)57/h1-35,54-55H. The maximum absolute atomic E-state index is 2.54. The van der Waals surface area contributed by atoms with Crippen molar-refractivity contribution in [2.45, 2.75) is 17.3 Å². The molecule has 3 aliphatic carbocycles. The summed E-state index contributed by atoms with van der Waals surface area (Å²) in [7, 11) is 0. The number of hydrogen-bond acceptors (Lipinski definition) is 2. The van der Waals surface area contributed by atoms with Gasteiger partial charge < -0.3 is 4.90 Å². The summed E-state index contributed by atoms with van der Waals surface area (Å²) in [6.07, 6.45) is 0. The first-order valence-corrected chi connectivity index (χ1v) is 21.5. The molecule has 0 radical (unpaired) electrons. The lowest BCUT2D eigenvalue weighted by molar-refractivity contribution is 0.333. The molecule has 59 heavy (non-hydrogen) atoms. The summed E-state index contributed by atoms with van der Waals surface area (Å²) >= 11 is 1.89.